The first-order valence-corrected chi connectivity index (χ1v) is 22.2. The van der Waals surface area contributed by atoms with Gasteiger partial charge < -0.3 is 49.6 Å². The van der Waals surface area contributed by atoms with Gasteiger partial charge in [0, 0.05) is 64.2 Å². The molecule has 0 radical (unpaired) electrons. The standard InChI is InChI=1S/C48H54N10O7/c1-25(2)39(55-47(61)63-5)45(59)57-19-7-9-35(57)43-50-23-33(53-43)28-12-14-32-31(21-28)38-41(52-32)30-13-11-29(22-37(30)65-42(38)27-15-17-49-18-16-27)34-24-51-44(54-34)36-10-8-20-58(36)46(60)40(26(3)4)56-48(62)64-6/h11-18,21-26,35-36,39-40,42,52H,7-10,19-20H2,1-6H3,(H,50,53)(H,51,54)(H,55,61)(H,56,62). The highest BCUT2D eigenvalue weighted by Gasteiger charge is 2.39. The van der Waals surface area contributed by atoms with Gasteiger partial charge in [0.1, 0.15) is 29.5 Å². The summed E-state index contributed by atoms with van der Waals surface area (Å²) in [6.07, 6.45) is 8.50. The topological polar surface area (TPSA) is 213 Å². The number of hydrogen-bond donors (Lipinski definition) is 5. The Morgan fingerprint density at radius 1 is 0.723 bits per heavy atom. The summed E-state index contributed by atoms with van der Waals surface area (Å²) in [5.74, 6) is 1.47. The highest BCUT2D eigenvalue weighted by molar-refractivity contribution is 5.96. The molecule has 65 heavy (non-hydrogen) atoms. The van der Waals surface area contributed by atoms with Crippen LogP contribution in [0.2, 0.25) is 0 Å². The van der Waals surface area contributed by atoms with Crippen molar-refractivity contribution in [2.45, 2.75) is 83.6 Å². The maximum Gasteiger partial charge on any atom is 0.407 e. The third-order valence-corrected chi connectivity index (χ3v) is 12.9. The Morgan fingerprint density at radius 3 is 1.80 bits per heavy atom. The number of benzene rings is 2. The molecule has 4 amide bonds. The molecular formula is C48H54N10O7. The fourth-order valence-electron chi connectivity index (χ4n) is 9.51. The van der Waals surface area contributed by atoms with Gasteiger partial charge in [-0.05, 0) is 73.9 Å². The summed E-state index contributed by atoms with van der Waals surface area (Å²) in [6.45, 7) is 8.72. The van der Waals surface area contributed by atoms with E-state index in [1.54, 1.807) is 23.5 Å². The average Bonchev–Trinajstić information content (AvgIpc) is 4.18. The molecule has 2 saturated heterocycles. The van der Waals surface area contributed by atoms with Crippen LogP contribution in [0.5, 0.6) is 5.75 Å². The van der Waals surface area contributed by atoms with E-state index in [4.69, 9.17) is 24.2 Å². The van der Waals surface area contributed by atoms with Crippen LogP contribution >= 0.6 is 0 Å². The Bertz CT molecular complexity index is 2740. The zero-order valence-electron chi connectivity index (χ0n) is 37.3. The van der Waals surface area contributed by atoms with E-state index in [-0.39, 0.29) is 35.7 Å². The van der Waals surface area contributed by atoms with Crippen LogP contribution in [0.25, 0.3) is 44.7 Å². The van der Waals surface area contributed by atoms with Crippen molar-refractivity contribution in [1.82, 2.24) is 50.3 Å². The second kappa shape index (κ2) is 17.8. The number of carbonyl (C=O) groups is 4. The number of rotatable bonds is 11. The first-order valence-electron chi connectivity index (χ1n) is 22.2. The van der Waals surface area contributed by atoms with E-state index in [0.29, 0.717) is 30.5 Å². The van der Waals surface area contributed by atoms with Crippen molar-refractivity contribution in [2.75, 3.05) is 27.3 Å². The van der Waals surface area contributed by atoms with Gasteiger partial charge in [-0.1, -0.05) is 39.8 Å². The molecule has 4 aromatic heterocycles. The maximum atomic E-state index is 13.8. The molecule has 338 valence electrons. The summed E-state index contributed by atoms with van der Waals surface area (Å²) in [6, 6.07) is 14.3. The maximum absolute atomic E-state index is 13.8. The third-order valence-electron chi connectivity index (χ3n) is 12.9. The number of imidazole rings is 2. The highest BCUT2D eigenvalue weighted by atomic mass is 16.5. The number of pyridine rings is 1. The summed E-state index contributed by atoms with van der Waals surface area (Å²) in [7, 11) is 2.58. The number of amides is 4. The quantitative estimate of drug-likeness (QED) is 0.0861. The van der Waals surface area contributed by atoms with Gasteiger partial charge in [-0.3, -0.25) is 14.6 Å². The zero-order chi connectivity index (χ0) is 45.5. The van der Waals surface area contributed by atoms with Crippen LogP contribution in [0, 0.1) is 11.8 Å². The Kier molecular flexibility index (Phi) is 11.8. The number of aromatic amines is 3. The zero-order valence-corrected chi connectivity index (χ0v) is 37.3. The van der Waals surface area contributed by atoms with Crippen molar-refractivity contribution in [3.8, 4) is 39.5 Å². The van der Waals surface area contributed by atoms with Gasteiger partial charge in [0.25, 0.3) is 0 Å². The lowest BCUT2D eigenvalue weighted by atomic mass is 9.92. The average molecular weight is 883 g/mol. The number of H-pyrrole nitrogens is 3. The van der Waals surface area contributed by atoms with E-state index in [1.165, 1.54) is 14.2 Å². The van der Waals surface area contributed by atoms with E-state index in [0.717, 1.165) is 81.5 Å². The summed E-state index contributed by atoms with van der Waals surface area (Å²) in [5, 5.41) is 6.42. The number of ether oxygens (including phenoxy) is 3. The van der Waals surface area contributed by atoms with Crippen LogP contribution in [0.15, 0.2) is 73.3 Å². The third kappa shape index (κ3) is 8.15. The number of nitrogens with zero attached hydrogens (tertiary/aromatic N) is 5. The number of methoxy groups -OCH3 is 2. The van der Waals surface area contributed by atoms with Crippen LogP contribution in [0.1, 0.15) is 94.3 Å². The molecule has 0 saturated carbocycles. The van der Waals surface area contributed by atoms with Crippen molar-refractivity contribution in [3.63, 3.8) is 0 Å². The number of fused-ring (bicyclic) bond motifs is 5. The molecule has 6 aromatic rings. The van der Waals surface area contributed by atoms with E-state index in [1.807, 2.05) is 69.1 Å². The Balaban J connectivity index is 1.01. The van der Waals surface area contributed by atoms with Crippen molar-refractivity contribution in [2.24, 2.45) is 11.8 Å². The lowest BCUT2D eigenvalue weighted by Crippen LogP contribution is -2.51. The summed E-state index contributed by atoms with van der Waals surface area (Å²) in [5.41, 5.74) is 8.13. The van der Waals surface area contributed by atoms with E-state index >= 15 is 0 Å². The molecular weight excluding hydrogens is 829 g/mol. The lowest BCUT2D eigenvalue weighted by Gasteiger charge is -2.30. The number of alkyl carbamates (subject to hydrolysis) is 2. The van der Waals surface area contributed by atoms with Crippen LogP contribution < -0.4 is 15.4 Å². The molecule has 2 fully saturated rings. The van der Waals surface area contributed by atoms with Gasteiger partial charge >= 0.3 is 12.2 Å². The molecule has 2 aromatic carbocycles. The van der Waals surface area contributed by atoms with Gasteiger partial charge in [0.05, 0.1) is 55.8 Å². The molecule has 0 bridgehead atoms. The molecule has 0 aliphatic carbocycles. The number of carbonyl (C=O) groups excluding carboxylic acids is 4. The van der Waals surface area contributed by atoms with Crippen molar-refractivity contribution in [1.29, 1.82) is 0 Å². The fraction of sp³-hybridized carbons (Fsp3) is 0.396. The first kappa shape index (κ1) is 43.1. The smallest absolute Gasteiger partial charge is 0.407 e. The summed E-state index contributed by atoms with van der Waals surface area (Å²) in [4.78, 5) is 80.0. The molecule has 7 heterocycles. The lowest BCUT2D eigenvalue weighted by molar-refractivity contribution is -0.136. The largest absolute Gasteiger partial charge is 0.480 e. The normalized spacial score (nSPS) is 18.9. The number of likely N-dealkylation sites (tertiary alicyclic amines) is 2. The molecule has 5 unspecified atom stereocenters. The Labute approximate surface area is 376 Å². The predicted octanol–water partition coefficient (Wildman–Crippen LogP) is 7.58. The van der Waals surface area contributed by atoms with Gasteiger partial charge in [0.2, 0.25) is 11.8 Å². The van der Waals surface area contributed by atoms with Crippen LogP contribution in [0.3, 0.4) is 0 Å². The van der Waals surface area contributed by atoms with Crippen LogP contribution in [0.4, 0.5) is 9.59 Å². The highest BCUT2D eigenvalue weighted by Crippen LogP contribution is 2.49. The Morgan fingerprint density at radius 2 is 1.26 bits per heavy atom. The molecule has 3 aliphatic heterocycles. The molecule has 5 N–H and O–H groups in total. The molecule has 9 rings (SSSR count). The molecule has 3 aliphatic rings. The van der Waals surface area contributed by atoms with Crippen LogP contribution in [-0.4, -0.2) is 103 Å². The summed E-state index contributed by atoms with van der Waals surface area (Å²) >= 11 is 0. The molecule has 0 spiro atoms. The minimum Gasteiger partial charge on any atom is -0.480 e. The number of nitrogens with one attached hydrogen (secondary N) is 5. The molecule has 17 nitrogen and oxygen atoms in total. The predicted molar refractivity (Wildman–Crippen MR) is 241 cm³/mol. The van der Waals surface area contributed by atoms with Gasteiger partial charge in [-0.2, -0.15) is 0 Å². The van der Waals surface area contributed by atoms with Gasteiger partial charge in [0.15, 0.2) is 6.10 Å². The Hall–Kier alpha value is -7.17. The van der Waals surface area contributed by atoms with E-state index in [2.05, 4.69) is 48.8 Å². The van der Waals surface area contributed by atoms with E-state index in [9.17, 15) is 19.2 Å². The molecule has 17 heteroatoms. The van der Waals surface area contributed by atoms with Crippen molar-refractivity contribution in [3.05, 3.63) is 96.1 Å². The van der Waals surface area contributed by atoms with Crippen molar-refractivity contribution < 1.29 is 33.4 Å². The fourth-order valence-corrected chi connectivity index (χ4v) is 9.51. The monoisotopic (exact) mass is 882 g/mol. The van der Waals surface area contributed by atoms with Gasteiger partial charge in [-0.25, -0.2) is 19.6 Å². The first-order chi connectivity index (χ1) is 31.4. The minimum atomic E-state index is -0.724. The number of hydrogen-bond acceptors (Lipinski definition) is 10. The molecule has 5 atom stereocenters. The second-order valence-corrected chi connectivity index (χ2v) is 17.6. The van der Waals surface area contributed by atoms with Gasteiger partial charge in [-0.15, -0.1) is 0 Å². The van der Waals surface area contributed by atoms with E-state index < -0.39 is 30.4 Å². The summed E-state index contributed by atoms with van der Waals surface area (Å²) < 4.78 is 16.6. The minimum absolute atomic E-state index is 0.135. The van der Waals surface area contributed by atoms with Crippen molar-refractivity contribution >= 4 is 34.9 Å². The number of aromatic nitrogens is 6. The second-order valence-electron chi connectivity index (χ2n) is 17.6. The SMILES string of the molecule is COC(=O)NC(C(=O)N1CCCC1c1ncc(-c2ccc3c(c2)OC(c2ccncc2)c2c-3[nH]c3ccc(-c4cnc(C5CCCN5C(=O)C(NC(=O)OC)C(C)C)[nH]4)cc23)[nH]1)C(C)C. The van der Waals surface area contributed by atoms with Crippen LogP contribution in [-0.2, 0) is 19.1 Å².